The lowest BCUT2D eigenvalue weighted by Crippen LogP contribution is -2.34. The second-order valence-electron chi connectivity index (χ2n) is 6.90. The lowest BCUT2D eigenvalue weighted by atomic mass is 10.1. The van der Waals surface area contributed by atoms with Crippen molar-refractivity contribution in [2.45, 2.75) is 13.8 Å². The molecule has 0 bridgehead atoms. The number of halogens is 1. The Bertz CT molecular complexity index is 986. The van der Waals surface area contributed by atoms with Crippen molar-refractivity contribution in [1.82, 2.24) is 4.98 Å². The summed E-state index contributed by atoms with van der Waals surface area (Å²) in [5.74, 6) is 1.01. The Morgan fingerprint density at radius 2 is 1.86 bits per heavy atom. The zero-order chi connectivity index (χ0) is 21.0. The predicted molar refractivity (Wildman–Crippen MR) is 114 cm³/mol. The van der Waals surface area contributed by atoms with Gasteiger partial charge in [-0.2, -0.15) is 0 Å². The Hall–Kier alpha value is -2.93. The van der Waals surface area contributed by atoms with Crippen LogP contribution in [0.4, 0.5) is 9.52 Å². The van der Waals surface area contributed by atoms with E-state index in [1.54, 1.807) is 19.1 Å². The van der Waals surface area contributed by atoms with Crippen molar-refractivity contribution in [3.63, 3.8) is 0 Å². The van der Waals surface area contributed by atoms with Crippen LogP contribution in [0.2, 0.25) is 0 Å². The summed E-state index contributed by atoms with van der Waals surface area (Å²) in [7, 11) is 3.20. The van der Waals surface area contributed by atoms with Crippen LogP contribution >= 0.6 is 11.3 Å². The minimum Gasteiger partial charge on any atom is -0.497 e. The first kappa shape index (κ1) is 20.8. The van der Waals surface area contributed by atoms with Crippen LogP contribution in [0.25, 0.3) is 11.3 Å². The van der Waals surface area contributed by atoms with Crippen molar-refractivity contribution in [1.29, 1.82) is 0 Å². The third-order valence-corrected chi connectivity index (χ3v) is 5.15. The molecule has 0 aliphatic carbocycles. The molecular weight excluding hydrogens is 391 g/mol. The van der Waals surface area contributed by atoms with Gasteiger partial charge in [-0.15, -0.1) is 11.3 Å². The number of carbonyl (C=O) groups excluding carboxylic acids is 1. The number of hydrogen-bond acceptors (Lipinski definition) is 5. The third kappa shape index (κ3) is 4.74. The number of aromatic nitrogens is 1. The van der Waals surface area contributed by atoms with Crippen molar-refractivity contribution in [2.75, 3.05) is 25.7 Å². The van der Waals surface area contributed by atoms with Crippen LogP contribution in [0.5, 0.6) is 11.5 Å². The summed E-state index contributed by atoms with van der Waals surface area (Å²) in [6.45, 7) is 4.56. The molecule has 0 unspecified atom stereocenters. The molecule has 1 heterocycles. The molecule has 0 atom stereocenters. The maximum Gasteiger partial charge on any atom is 0.260 e. The van der Waals surface area contributed by atoms with Crippen molar-refractivity contribution >= 4 is 22.4 Å². The van der Waals surface area contributed by atoms with Crippen LogP contribution in [0.3, 0.4) is 0 Å². The SMILES string of the molecule is COc1ccc(OC)c(-c2csc(N(CC(C)C)C(=O)c3ccc(F)cc3)n2)c1. The van der Waals surface area contributed by atoms with Crippen LogP contribution in [-0.2, 0) is 0 Å². The van der Waals surface area contributed by atoms with Crippen LogP contribution < -0.4 is 14.4 Å². The predicted octanol–water partition coefficient (Wildman–Crippen LogP) is 5.27. The zero-order valence-corrected chi connectivity index (χ0v) is 17.6. The van der Waals surface area contributed by atoms with E-state index in [1.165, 1.54) is 35.6 Å². The van der Waals surface area contributed by atoms with Crippen molar-refractivity contribution < 1.29 is 18.7 Å². The van der Waals surface area contributed by atoms with E-state index in [4.69, 9.17) is 14.5 Å². The van der Waals surface area contributed by atoms with Crippen LogP contribution in [0.15, 0.2) is 47.8 Å². The first-order valence-corrected chi connectivity index (χ1v) is 10.1. The average Bonchev–Trinajstić information content (AvgIpc) is 3.21. The number of amides is 1. The Morgan fingerprint density at radius 3 is 2.48 bits per heavy atom. The molecule has 7 heteroatoms. The van der Waals surface area contributed by atoms with Gasteiger partial charge < -0.3 is 9.47 Å². The highest BCUT2D eigenvalue weighted by molar-refractivity contribution is 7.14. The van der Waals surface area contributed by atoms with E-state index in [-0.39, 0.29) is 17.6 Å². The molecule has 2 aromatic carbocycles. The van der Waals surface area contributed by atoms with Gasteiger partial charge in [0.15, 0.2) is 5.13 Å². The first-order chi connectivity index (χ1) is 13.9. The van der Waals surface area contributed by atoms with Crippen molar-refractivity contribution in [3.05, 3.63) is 59.2 Å². The molecule has 1 aromatic heterocycles. The monoisotopic (exact) mass is 414 g/mol. The van der Waals surface area contributed by atoms with Gasteiger partial charge in [-0.3, -0.25) is 9.69 Å². The molecule has 0 spiro atoms. The molecule has 0 saturated heterocycles. The summed E-state index contributed by atoms with van der Waals surface area (Å²) in [4.78, 5) is 19.4. The molecule has 5 nitrogen and oxygen atoms in total. The van der Waals surface area contributed by atoms with Crippen LogP contribution in [0, 0.1) is 11.7 Å². The smallest absolute Gasteiger partial charge is 0.260 e. The summed E-state index contributed by atoms with van der Waals surface area (Å²) in [5, 5.41) is 2.46. The van der Waals surface area contributed by atoms with Gasteiger partial charge in [-0.25, -0.2) is 9.37 Å². The summed E-state index contributed by atoms with van der Waals surface area (Å²) >= 11 is 1.38. The number of rotatable bonds is 7. The fourth-order valence-corrected chi connectivity index (χ4v) is 3.72. The summed E-state index contributed by atoms with van der Waals surface area (Å²) in [6.07, 6.45) is 0. The number of hydrogen-bond donors (Lipinski definition) is 0. The van der Waals surface area contributed by atoms with Gasteiger partial charge >= 0.3 is 0 Å². The van der Waals surface area contributed by atoms with Gasteiger partial charge in [0.05, 0.1) is 19.9 Å². The fourth-order valence-electron chi connectivity index (χ4n) is 2.89. The number of methoxy groups -OCH3 is 2. The molecule has 0 aliphatic heterocycles. The molecule has 152 valence electrons. The molecule has 29 heavy (non-hydrogen) atoms. The largest absolute Gasteiger partial charge is 0.497 e. The highest BCUT2D eigenvalue weighted by atomic mass is 32.1. The molecule has 1 amide bonds. The summed E-state index contributed by atoms with van der Waals surface area (Å²) in [5.41, 5.74) is 1.90. The first-order valence-electron chi connectivity index (χ1n) is 9.18. The standard InChI is InChI=1S/C22H23FN2O3S/c1-14(2)12-25(21(26)15-5-7-16(23)8-6-15)22-24-19(13-29-22)18-11-17(27-3)9-10-20(18)28-4/h5-11,13-14H,12H2,1-4H3. The minimum absolute atomic E-state index is 0.211. The number of benzene rings is 2. The topological polar surface area (TPSA) is 51.7 Å². The third-order valence-electron chi connectivity index (χ3n) is 4.29. The molecule has 0 fully saturated rings. The minimum atomic E-state index is -0.376. The van der Waals surface area contributed by atoms with Gasteiger partial charge in [0, 0.05) is 23.1 Å². The number of anilines is 1. The van der Waals surface area contributed by atoms with Gasteiger partial charge in [-0.05, 0) is 48.4 Å². The number of thiazole rings is 1. The summed E-state index contributed by atoms with van der Waals surface area (Å²) in [6, 6.07) is 11.0. The van der Waals surface area contributed by atoms with E-state index in [0.29, 0.717) is 34.4 Å². The van der Waals surface area contributed by atoms with Gasteiger partial charge in [0.25, 0.3) is 5.91 Å². The highest BCUT2D eigenvalue weighted by Gasteiger charge is 2.23. The molecule has 0 aliphatic rings. The van der Waals surface area contributed by atoms with Crippen LogP contribution in [0.1, 0.15) is 24.2 Å². The normalized spacial score (nSPS) is 10.8. The number of nitrogens with zero attached hydrogens (tertiary/aromatic N) is 2. The lowest BCUT2D eigenvalue weighted by Gasteiger charge is -2.22. The van der Waals surface area contributed by atoms with Gasteiger partial charge in [-0.1, -0.05) is 13.8 Å². The molecule has 3 rings (SSSR count). The van der Waals surface area contributed by atoms with E-state index in [9.17, 15) is 9.18 Å². The van der Waals surface area contributed by atoms with Crippen molar-refractivity contribution in [2.24, 2.45) is 5.92 Å². The van der Waals surface area contributed by atoms with Crippen molar-refractivity contribution in [3.8, 4) is 22.8 Å². The van der Waals surface area contributed by atoms with E-state index >= 15 is 0 Å². The molecular formula is C22H23FN2O3S. The van der Waals surface area contributed by atoms with E-state index < -0.39 is 0 Å². The lowest BCUT2D eigenvalue weighted by molar-refractivity contribution is 0.0984. The molecule has 3 aromatic rings. The van der Waals surface area contributed by atoms with Crippen LogP contribution in [-0.4, -0.2) is 31.7 Å². The second kappa shape index (κ2) is 9.05. The highest BCUT2D eigenvalue weighted by Crippen LogP contribution is 2.36. The maximum absolute atomic E-state index is 13.3. The molecule has 0 radical (unpaired) electrons. The zero-order valence-electron chi connectivity index (χ0n) is 16.8. The Kier molecular flexibility index (Phi) is 6.49. The Morgan fingerprint density at radius 1 is 1.14 bits per heavy atom. The maximum atomic E-state index is 13.3. The van der Waals surface area contributed by atoms with Gasteiger partial charge in [0.1, 0.15) is 17.3 Å². The van der Waals surface area contributed by atoms with Gasteiger partial charge in [0.2, 0.25) is 0 Å². The number of ether oxygens (including phenoxy) is 2. The quantitative estimate of drug-likeness (QED) is 0.529. The molecule has 0 N–H and O–H groups in total. The summed E-state index contributed by atoms with van der Waals surface area (Å²) < 4.78 is 24.0. The number of carbonyl (C=O) groups is 1. The second-order valence-corrected chi connectivity index (χ2v) is 7.73. The van der Waals surface area contributed by atoms with E-state index in [1.807, 2.05) is 37.4 Å². The Labute approximate surface area is 173 Å². The fraction of sp³-hybridized carbons (Fsp3) is 0.273. The van der Waals surface area contributed by atoms with E-state index in [0.717, 1.165) is 5.56 Å². The molecule has 0 saturated carbocycles. The van der Waals surface area contributed by atoms with E-state index in [2.05, 4.69) is 0 Å². The average molecular weight is 415 g/mol. The Balaban J connectivity index is 1.98.